The Morgan fingerprint density at radius 2 is 2.29 bits per heavy atom. The molecule has 0 aliphatic rings. The molecule has 1 aromatic rings. The first kappa shape index (κ1) is 10.2. The van der Waals surface area contributed by atoms with Crippen molar-refractivity contribution >= 4 is 17.3 Å². The number of hydrogen-bond acceptors (Lipinski definition) is 5. The van der Waals surface area contributed by atoms with Crippen LogP contribution < -0.4 is 10.6 Å². The molecule has 0 atom stereocenters. The minimum Gasteiger partial charge on any atom is -0.370 e. The second-order valence-corrected chi connectivity index (χ2v) is 2.60. The predicted molar refractivity (Wildman–Crippen MR) is 54.6 cm³/mol. The summed E-state index contributed by atoms with van der Waals surface area (Å²) >= 11 is 0. The van der Waals surface area contributed by atoms with Crippen LogP contribution in [0.15, 0.2) is 12.1 Å². The number of rotatable bonds is 4. The van der Waals surface area contributed by atoms with Crippen LogP contribution in [-0.2, 0) is 0 Å². The molecule has 1 heterocycles. The van der Waals surface area contributed by atoms with Gasteiger partial charge in [-0.05, 0) is 13.0 Å². The van der Waals surface area contributed by atoms with E-state index in [1.807, 2.05) is 6.92 Å². The molecule has 6 heteroatoms. The molecule has 1 aromatic heterocycles. The Hall–Kier alpha value is -1.85. The number of aromatic nitrogens is 1. The molecule has 0 spiro atoms. The Bertz CT molecular complexity index is 340. The third-order valence-electron chi connectivity index (χ3n) is 1.67. The van der Waals surface area contributed by atoms with Crippen LogP contribution in [0.25, 0.3) is 0 Å². The topological polar surface area (TPSA) is 80.1 Å². The Morgan fingerprint density at radius 3 is 2.79 bits per heavy atom. The minimum atomic E-state index is -0.464. The highest BCUT2D eigenvalue weighted by atomic mass is 16.6. The third-order valence-corrected chi connectivity index (χ3v) is 1.67. The predicted octanol–water partition coefficient (Wildman–Crippen LogP) is 1.46. The maximum Gasteiger partial charge on any atom is 0.311 e. The Morgan fingerprint density at radius 1 is 1.57 bits per heavy atom. The summed E-state index contributed by atoms with van der Waals surface area (Å²) in [6, 6.07) is 3.01. The lowest BCUT2D eigenvalue weighted by Crippen LogP contribution is -2.04. The van der Waals surface area contributed by atoms with Crippen LogP contribution in [-0.4, -0.2) is 23.5 Å². The molecule has 0 amide bonds. The quantitative estimate of drug-likeness (QED) is 0.563. The fourth-order valence-corrected chi connectivity index (χ4v) is 1.06. The normalized spacial score (nSPS) is 9.57. The number of nitrogens with zero attached hydrogens (tertiary/aromatic N) is 2. The monoisotopic (exact) mass is 196 g/mol. The van der Waals surface area contributed by atoms with Crippen molar-refractivity contribution in [1.82, 2.24) is 4.98 Å². The summed E-state index contributed by atoms with van der Waals surface area (Å²) in [5, 5.41) is 16.2. The SMILES string of the molecule is CCNc1ccc([N+](=O)[O-])c(NC)n1. The minimum absolute atomic E-state index is 0.0193. The lowest BCUT2D eigenvalue weighted by molar-refractivity contribution is -0.384. The van der Waals surface area contributed by atoms with Crippen LogP contribution in [0.1, 0.15) is 6.92 Å². The third kappa shape index (κ3) is 2.09. The van der Waals surface area contributed by atoms with Crippen molar-refractivity contribution in [3.8, 4) is 0 Å². The van der Waals surface area contributed by atoms with Crippen LogP contribution >= 0.6 is 0 Å². The van der Waals surface area contributed by atoms with Crippen LogP contribution in [0.3, 0.4) is 0 Å². The summed E-state index contributed by atoms with van der Waals surface area (Å²) in [5.74, 6) is 0.899. The van der Waals surface area contributed by atoms with E-state index in [1.54, 1.807) is 13.1 Å². The van der Waals surface area contributed by atoms with Crippen LogP contribution in [0.2, 0.25) is 0 Å². The van der Waals surface area contributed by atoms with E-state index >= 15 is 0 Å². The van der Waals surface area contributed by atoms with E-state index in [9.17, 15) is 10.1 Å². The van der Waals surface area contributed by atoms with E-state index in [1.165, 1.54) is 6.07 Å². The van der Waals surface area contributed by atoms with Gasteiger partial charge in [0.2, 0.25) is 5.82 Å². The largest absolute Gasteiger partial charge is 0.370 e. The summed E-state index contributed by atoms with van der Waals surface area (Å²) in [6.07, 6.45) is 0. The van der Waals surface area contributed by atoms with Crippen molar-refractivity contribution in [3.05, 3.63) is 22.2 Å². The summed E-state index contributed by atoms with van der Waals surface area (Å²) in [5.41, 5.74) is -0.0193. The molecular weight excluding hydrogens is 184 g/mol. The molecule has 0 saturated heterocycles. The zero-order valence-electron chi connectivity index (χ0n) is 8.07. The zero-order valence-corrected chi connectivity index (χ0v) is 8.07. The summed E-state index contributed by atoms with van der Waals surface area (Å²) in [7, 11) is 1.60. The van der Waals surface area contributed by atoms with E-state index in [0.29, 0.717) is 5.82 Å². The molecule has 0 radical (unpaired) electrons. The molecule has 0 unspecified atom stereocenters. The zero-order chi connectivity index (χ0) is 10.6. The van der Waals surface area contributed by atoms with E-state index < -0.39 is 4.92 Å². The van der Waals surface area contributed by atoms with Gasteiger partial charge in [-0.3, -0.25) is 10.1 Å². The molecule has 0 aromatic carbocycles. The van der Waals surface area contributed by atoms with Gasteiger partial charge < -0.3 is 10.6 Å². The van der Waals surface area contributed by atoms with Gasteiger partial charge in [0.25, 0.3) is 0 Å². The van der Waals surface area contributed by atoms with E-state index in [-0.39, 0.29) is 11.5 Å². The van der Waals surface area contributed by atoms with Crippen molar-refractivity contribution in [2.24, 2.45) is 0 Å². The summed E-state index contributed by atoms with van der Waals surface area (Å²) in [4.78, 5) is 14.1. The molecule has 2 N–H and O–H groups in total. The molecule has 0 saturated carbocycles. The second kappa shape index (κ2) is 4.40. The highest BCUT2D eigenvalue weighted by Crippen LogP contribution is 2.22. The Balaban J connectivity index is 3.05. The smallest absolute Gasteiger partial charge is 0.311 e. The van der Waals surface area contributed by atoms with Gasteiger partial charge in [-0.15, -0.1) is 0 Å². The molecule has 0 bridgehead atoms. The number of nitrogens with one attached hydrogen (secondary N) is 2. The maximum atomic E-state index is 10.6. The van der Waals surface area contributed by atoms with Gasteiger partial charge >= 0.3 is 5.69 Å². The van der Waals surface area contributed by atoms with Crippen molar-refractivity contribution in [3.63, 3.8) is 0 Å². The summed E-state index contributed by atoms with van der Waals surface area (Å²) < 4.78 is 0. The number of anilines is 2. The second-order valence-electron chi connectivity index (χ2n) is 2.60. The average molecular weight is 196 g/mol. The molecule has 76 valence electrons. The van der Waals surface area contributed by atoms with Gasteiger partial charge in [0, 0.05) is 19.7 Å². The van der Waals surface area contributed by atoms with Crippen LogP contribution in [0.4, 0.5) is 17.3 Å². The fraction of sp³-hybridized carbons (Fsp3) is 0.375. The van der Waals surface area contributed by atoms with Crippen molar-refractivity contribution < 1.29 is 4.92 Å². The van der Waals surface area contributed by atoms with E-state index in [2.05, 4.69) is 15.6 Å². The highest BCUT2D eigenvalue weighted by molar-refractivity contribution is 5.59. The molecule has 6 nitrogen and oxygen atoms in total. The Labute approximate surface area is 81.5 Å². The molecular formula is C8H12N4O2. The standard InChI is InChI=1S/C8H12N4O2/c1-3-10-7-5-4-6(12(13)14)8(9-2)11-7/h4-5H,3H2,1-2H3,(H2,9,10,11). The molecule has 0 aliphatic heterocycles. The first-order chi connectivity index (χ1) is 6.69. The highest BCUT2D eigenvalue weighted by Gasteiger charge is 2.13. The lowest BCUT2D eigenvalue weighted by atomic mass is 10.3. The summed E-state index contributed by atoms with van der Waals surface area (Å²) in [6.45, 7) is 2.66. The maximum absolute atomic E-state index is 10.6. The molecule has 1 rings (SSSR count). The molecule has 0 fully saturated rings. The van der Waals surface area contributed by atoms with E-state index in [4.69, 9.17) is 0 Å². The van der Waals surface area contributed by atoms with Crippen LogP contribution in [0.5, 0.6) is 0 Å². The van der Waals surface area contributed by atoms with Gasteiger partial charge in [0.1, 0.15) is 5.82 Å². The van der Waals surface area contributed by atoms with Crippen molar-refractivity contribution in [1.29, 1.82) is 0 Å². The number of nitro groups is 1. The molecule has 14 heavy (non-hydrogen) atoms. The van der Waals surface area contributed by atoms with Gasteiger partial charge in [-0.2, -0.15) is 0 Å². The molecule has 0 aliphatic carbocycles. The first-order valence-corrected chi connectivity index (χ1v) is 4.26. The average Bonchev–Trinajstić information content (AvgIpc) is 2.17. The lowest BCUT2D eigenvalue weighted by Gasteiger charge is -2.05. The Kier molecular flexibility index (Phi) is 3.22. The van der Waals surface area contributed by atoms with Gasteiger partial charge in [0.05, 0.1) is 4.92 Å². The number of pyridine rings is 1. The van der Waals surface area contributed by atoms with Gasteiger partial charge in [0.15, 0.2) is 0 Å². The van der Waals surface area contributed by atoms with Crippen molar-refractivity contribution in [2.45, 2.75) is 6.92 Å². The van der Waals surface area contributed by atoms with Gasteiger partial charge in [-0.1, -0.05) is 0 Å². The van der Waals surface area contributed by atoms with E-state index in [0.717, 1.165) is 6.54 Å². The first-order valence-electron chi connectivity index (χ1n) is 4.26. The van der Waals surface area contributed by atoms with Crippen molar-refractivity contribution in [2.75, 3.05) is 24.2 Å². The van der Waals surface area contributed by atoms with Crippen LogP contribution in [0, 0.1) is 10.1 Å². The number of hydrogen-bond donors (Lipinski definition) is 2. The van der Waals surface area contributed by atoms with Gasteiger partial charge in [-0.25, -0.2) is 4.98 Å². The fourth-order valence-electron chi connectivity index (χ4n) is 1.06.